The van der Waals surface area contributed by atoms with Crippen molar-refractivity contribution in [1.29, 1.82) is 0 Å². The van der Waals surface area contributed by atoms with Gasteiger partial charge < -0.3 is 18.8 Å². The van der Waals surface area contributed by atoms with Gasteiger partial charge in [0.1, 0.15) is 6.54 Å². The summed E-state index contributed by atoms with van der Waals surface area (Å²) in [5.41, 5.74) is 0.729. The first kappa shape index (κ1) is 23.9. The topological polar surface area (TPSA) is 79.1 Å². The van der Waals surface area contributed by atoms with Crippen LogP contribution >= 0.6 is 23.1 Å². The predicted molar refractivity (Wildman–Crippen MR) is 127 cm³/mol. The van der Waals surface area contributed by atoms with E-state index in [0.717, 1.165) is 16.0 Å². The number of nitrogens with zero attached hydrogens (tertiary/aromatic N) is 2. The number of thiazole rings is 1. The second-order valence-corrected chi connectivity index (χ2v) is 8.90. The molecule has 0 radical (unpaired) electrons. The van der Waals surface area contributed by atoms with Gasteiger partial charge in [-0.3, -0.25) is 9.59 Å². The van der Waals surface area contributed by atoms with Gasteiger partial charge in [0.2, 0.25) is 5.91 Å². The Morgan fingerprint density at radius 2 is 1.81 bits per heavy atom. The van der Waals surface area contributed by atoms with Gasteiger partial charge in [-0.15, -0.1) is 11.8 Å². The molecule has 32 heavy (non-hydrogen) atoms. The van der Waals surface area contributed by atoms with E-state index in [0.29, 0.717) is 29.1 Å². The summed E-state index contributed by atoms with van der Waals surface area (Å²) < 4.78 is 18.4. The van der Waals surface area contributed by atoms with Crippen molar-refractivity contribution in [1.82, 2.24) is 4.57 Å². The number of carbonyl (C=O) groups is 2. The minimum Gasteiger partial charge on any atom is -0.493 e. The first-order valence-electron chi connectivity index (χ1n) is 10.2. The Morgan fingerprint density at radius 1 is 1.09 bits per heavy atom. The lowest BCUT2D eigenvalue weighted by Crippen LogP contribution is -2.23. The Labute approximate surface area is 195 Å². The summed E-state index contributed by atoms with van der Waals surface area (Å²) in [5, 5.41) is 0. The maximum atomic E-state index is 12.6. The van der Waals surface area contributed by atoms with E-state index >= 15 is 0 Å². The molecule has 1 amide bonds. The molecule has 0 saturated carbocycles. The Kier molecular flexibility index (Phi) is 8.75. The molecule has 2 aromatic carbocycles. The van der Waals surface area contributed by atoms with E-state index < -0.39 is 5.97 Å². The molecule has 0 spiro atoms. The molecule has 7 nitrogen and oxygen atoms in total. The van der Waals surface area contributed by atoms with Crippen LogP contribution in [0.15, 0.2) is 52.4 Å². The standard InChI is InChI=1S/C23H26N2O5S2/c1-4-30-22(27)15-25-17-13-18(28-2)19(29-3)14-20(17)32-23(25)24-21(26)11-8-12-31-16-9-6-5-7-10-16/h5-7,9-10,13-14H,4,8,11-12,15H2,1-3H3. The highest BCUT2D eigenvalue weighted by Gasteiger charge is 2.16. The molecule has 0 N–H and O–H groups in total. The first-order chi connectivity index (χ1) is 15.5. The summed E-state index contributed by atoms with van der Waals surface area (Å²) in [7, 11) is 3.11. The normalized spacial score (nSPS) is 11.5. The summed E-state index contributed by atoms with van der Waals surface area (Å²) >= 11 is 3.04. The van der Waals surface area contributed by atoms with Gasteiger partial charge in [0, 0.05) is 23.4 Å². The molecule has 9 heteroatoms. The maximum absolute atomic E-state index is 12.6. The highest BCUT2D eigenvalue weighted by atomic mass is 32.2. The van der Waals surface area contributed by atoms with Crippen LogP contribution < -0.4 is 14.3 Å². The quantitative estimate of drug-likeness (QED) is 0.248. The fraction of sp³-hybridized carbons (Fsp3) is 0.348. The molecule has 0 aliphatic carbocycles. The largest absolute Gasteiger partial charge is 0.493 e. The molecular formula is C23H26N2O5S2. The third-order valence-corrected chi connectivity index (χ3v) is 6.69. The van der Waals surface area contributed by atoms with Crippen molar-refractivity contribution in [3.05, 3.63) is 47.3 Å². The zero-order chi connectivity index (χ0) is 22.9. The van der Waals surface area contributed by atoms with Gasteiger partial charge in [0.25, 0.3) is 0 Å². The molecule has 0 fully saturated rings. The predicted octanol–water partition coefficient (Wildman–Crippen LogP) is 4.28. The summed E-state index contributed by atoms with van der Waals surface area (Å²) in [6, 6.07) is 13.7. The van der Waals surface area contributed by atoms with Crippen LogP contribution in [0.25, 0.3) is 10.2 Å². The number of carbonyl (C=O) groups excluding carboxylic acids is 2. The highest BCUT2D eigenvalue weighted by molar-refractivity contribution is 7.99. The Balaban J connectivity index is 1.83. The second-order valence-electron chi connectivity index (χ2n) is 6.72. The number of amides is 1. The van der Waals surface area contributed by atoms with Crippen LogP contribution in [0.5, 0.6) is 11.5 Å². The van der Waals surface area contributed by atoms with Gasteiger partial charge in [0.15, 0.2) is 16.3 Å². The van der Waals surface area contributed by atoms with E-state index in [1.807, 2.05) is 24.3 Å². The summed E-state index contributed by atoms with van der Waals surface area (Å²) in [6.45, 7) is 1.99. The van der Waals surface area contributed by atoms with Gasteiger partial charge in [-0.05, 0) is 31.2 Å². The molecule has 3 rings (SSSR count). The number of rotatable bonds is 10. The molecule has 3 aromatic rings. The first-order valence-corrected chi connectivity index (χ1v) is 12.0. The molecule has 0 saturated heterocycles. The number of fused-ring (bicyclic) bond motifs is 1. The van der Waals surface area contributed by atoms with E-state index in [1.54, 1.807) is 43.5 Å². The van der Waals surface area contributed by atoms with Crippen LogP contribution in [0.3, 0.4) is 0 Å². The SMILES string of the molecule is CCOC(=O)Cn1c(=NC(=O)CCCSc2ccccc2)sc2cc(OC)c(OC)cc21. The van der Waals surface area contributed by atoms with Crippen LogP contribution in [0.2, 0.25) is 0 Å². The molecule has 0 atom stereocenters. The van der Waals surface area contributed by atoms with E-state index in [1.165, 1.54) is 16.2 Å². The van der Waals surface area contributed by atoms with Crippen LogP contribution in [0.1, 0.15) is 19.8 Å². The lowest BCUT2D eigenvalue weighted by molar-refractivity contribution is -0.143. The lowest BCUT2D eigenvalue weighted by atomic mass is 10.3. The van der Waals surface area contributed by atoms with Crippen LogP contribution in [0.4, 0.5) is 0 Å². The Morgan fingerprint density at radius 3 is 2.50 bits per heavy atom. The summed E-state index contributed by atoms with van der Waals surface area (Å²) in [6.07, 6.45) is 1.05. The average molecular weight is 475 g/mol. The maximum Gasteiger partial charge on any atom is 0.326 e. The molecule has 0 aliphatic heterocycles. The van der Waals surface area contributed by atoms with Crippen LogP contribution in [-0.2, 0) is 20.9 Å². The second kappa shape index (κ2) is 11.7. The fourth-order valence-electron chi connectivity index (χ4n) is 3.06. The number of ether oxygens (including phenoxy) is 3. The molecule has 0 aliphatic rings. The van der Waals surface area contributed by atoms with E-state index in [2.05, 4.69) is 17.1 Å². The highest BCUT2D eigenvalue weighted by Crippen LogP contribution is 2.33. The number of methoxy groups -OCH3 is 2. The van der Waals surface area contributed by atoms with Crippen LogP contribution in [-0.4, -0.2) is 43.0 Å². The lowest BCUT2D eigenvalue weighted by Gasteiger charge is -2.09. The summed E-state index contributed by atoms with van der Waals surface area (Å²) in [4.78, 5) is 30.7. The third kappa shape index (κ3) is 6.14. The number of hydrogen-bond donors (Lipinski definition) is 0. The number of aromatic nitrogens is 1. The Hall–Kier alpha value is -2.78. The zero-order valence-electron chi connectivity index (χ0n) is 18.3. The van der Waals surface area contributed by atoms with Gasteiger partial charge in [-0.1, -0.05) is 29.5 Å². The number of thioether (sulfide) groups is 1. The molecule has 1 heterocycles. The molecule has 0 bridgehead atoms. The van der Waals surface area contributed by atoms with Crippen molar-refractivity contribution in [2.24, 2.45) is 4.99 Å². The van der Waals surface area contributed by atoms with Crippen molar-refractivity contribution in [2.75, 3.05) is 26.6 Å². The molecule has 1 aromatic heterocycles. The molecule has 0 unspecified atom stereocenters. The monoisotopic (exact) mass is 474 g/mol. The molecular weight excluding hydrogens is 448 g/mol. The van der Waals surface area contributed by atoms with Gasteiger partial charge >= 0.3 is 5.97 Å². The van der Waals surface area contributed by atoms with E-state index in [9.17, 15) is 9.59 Å². The Bertz CT molecular complexity index is 1140. The van der Waals surface area contributed by atoms with E-state index in [4.69, 9.17) is 14.2 Å². The fourth-order valence-corrected chi connectivity index (χ4v) is 4.99. The third-order valence-electron chi connectivity index (χ3n) is 4.55. The smallest absolute Gasteiger partial charge is 0.326 e. The number of esters is 1. The zero-order valence-corrected chi connectivity index (χ0v) is 20.0. The van der Waals surface area contributed by atoms with Gasteiger partial charge in [-0.2, -0.15) is 4.99 Å². The van der Waals surface area contributed by atoms with Gasteiger partial charge in [0.05, 0.1) is 31.0 Å². The number of benzene rings is 2. The molecule has 170 valence electrons. The van der Waals surface area contributed by atoms with Crippen molar-refractivity contribution in [3.63, 3.8) is 0 Å². The van der Waals surface area contributed by atoms with Crippen molar-refractivity contribution in [3.8, 4) is 11.5 Å². The minimum absolute atomic E-state index is 0.0424. The van der Waals surface area contributed by atoms with Crippen LogP contribution in [0, 0.1) is 0 Å². The van der Waals surface area contributed by atoms with Crippen molar-refractivity contribution < 1.29 is 23.8 Å². The minimum atomic E-state index is -0.393. The van der Waals surface area contributed by atoms with Crippen molar-refractivity contribution in [2.45, 2.75) is 31.2 Å². The van der Waals surface area contributed by atoms with Crippen molar-refractivity contribution >= 4 is 45.2 Å². The van der Waals surface area contributed by atoms with E-state index in [-0.39, 0.29) is 19.1 Å². The average Bonchev–Trinajstić information content (AvgIpc) is 3.12. The summed E-state index contributed by atoms with van der Waals surface area (Å²) in [5.74, 6) is 1.32. The number of hydrogen-bond acceptors (Lipinski definition) is 7. The van der Waals surface area contributed by atoms with Gasteiger partial charge in [-0.25, -0.2) is 0 Å².